The molecule has 2 saturated heterocycles. The van der Waals surface area contributed by atoms with Gasteiger partial charge in [-0.15, -0.1) is 0 Å². The lowest BCUT2D eigenvalue weighted by Crippen LogP contribution is -2.43. The smallest absolute Gasteiger partial charge is 0.410 e. The number of carbonyl (C=O) groups excluding carboxylic acids is 1. The van der Waals surface area contributed by atoms with Crippen molar-refractivity contribution in [2.75, 3.05) is 19.6 Å². The van der Waals surface area contributed by atoms with E-state index in [1.54, 1.807) is 4.90 Å². The molecular formula is C19H26N2O4. The lowest BCUT2D eigenvalue weighted by molar-refractivity contribution is -0.148. The quantitative estimate of drug-likeness (QED) is 0.911. The topological polar surface area (TPSA) is 70.1 Å². The number of nitrogens with zero attached hydrogens (tertiary/aromatic N) is 2. The van der Waals surface area contributed by atoms with E-state index in [0.717, 1.165) is 12.1 Å². The zero-order chi connectivity index (χ0) is 18.2. The Balaban J connectivity index is 1.77. The summed E-state index contributed by atoms with van der Waals surface area (Å²) >= 11 is 0. The summed E-state index contributed by atoms with van der Waals surface area (Å²) in [4.78, 5) is 28.2. The van der Waals surface area contributed by atoms with Crippen molar-refractivity contribution < 1.29 is 19.4 Å². The van der Waals surface area contributed by atoms with E-state index in [2.05, 4.69) is 4.90 Å². The summed E-state index contributed by atoms with van der Waals surface area (Å²) in [5, 5.41) is 9.88. The third kappa shape index (κ3) is 3.49. The van der Waals surface area contributed by atoms with Crippen molar-refractivity contribution in [2.24, 2.45) is 5.41 Å². The van der Waals surface area contributed by atoms with Gasteiger partial charge in [-0.3, -0.25) is 9.69 Å². The van der Waals surface area contributed by atoms with E-state index < -0.39 is 23.1 Å². The molecule has 2 unspecified atom stereocenters. The summed E-state index contributed by atoms with van der Waals surface area (Å²) in [6.45, 7) is 7.49. The average Bonchev–Trinajstić information content (AvgIpc) is 3.05. The van der Waals surface area contributed by atoms with Gasteiger partial charge in [0.25, 0.3) is 0 Å². The van der Waals surface area contributed by atoms with Crippen LogP contribution in [0.15, 0.2) is 30.3 Å². The predicted octanol–water partition coefficient (Wildman–Crippen LogP) is 2.58. The number of carboxylic acid groups (broad SMARTS) is 1. The number of carboxylic acids is 1. The van der Waals surface area contributed by atoms with Gasteiger partial charge in [0.1, 0.15) is 11.0 Å². The minimum atomic E-state index is -0.897. The molecule has 2 aliphatic heterocycles. The van der Waals surface area contributed by atoms with Crippen LogP contribution in [0.4, 0.5) is 4.79 Å². The SMILES string of the molecule is CC(C)(C)OC(=O)N1CC2N(Cc3ccccc3)CCC2(C(=O)O)C1. The van der Waals surface area contributed by atoms with Gasteiger partial charge >= 0.3 is 12.1 Å². The van der Waals surface area contributed by atoms with Crippen LogP contribution in [-0.2, 0) is 16.1 Å². The fraction of sp³-hybridized carbons (Fsp3) is 0.579. The number of amides is 1. The lowest BCUT2D eigenvalue weighted by Gasteiger charge is -2.27. The van der Waals surface area contributed by atoms with Gasteiger partial charge in [0.15, 0.2) is 0 Å². The Labute approximate surface area is 148 Å². The molecule has 6 heteroatoms. The number of fused-ring (bicyclic) bond motifs is 1. The minimum absolute atomic E-state index is 0.183. The molecule has 136 valence electrons. The lowest BCUT2D eigenvalue weighted by atomic mass is 9.83. The van der Waals surface area contributed by atoms with Gasteiger partial charge in [0.2, 0.25) is 0 Å². The van der Waals surface area contributed by atoms with Crippen LogP contribution in [-0.4, -0.2) is 58.2 Å². The van der Waals surface area contributed by atoms with Gasteiger partial charge in [0, 0.05) is 32.2 Å². The first kappa shape index (κ1) is 17.7. The monoisotopic (exact) mass is 346 g/mol. The molecule has 2 atom stereocenters. The van der Waals surface area contributed by atoms with Crippen LogP contribution in [0.5, 0.6) is 0 Å². The zero-order valence-corrected chi connectivity index (χ0v) is 15.1. The number of aliphatic carboxylic acids is 1. The fourth-order valence-electron chi connectivity index (χ4n) is 3.89. The Kier molecular flexibility index (Phi) is 4.49. The van der Waals surface area contributed by atoms with E-state index in [0.29, 0.717) is 19.5 Å². The van der Waals surface area contributed by atoms with Gasteiger partial charge in [-0.1, -0.05) is 30.3 Å². The second-order valence-corrected chi connectivity index (χ2v) is 8.04. The van der Waals surface area contributed by atoms with Crippen molar-refractivity contribution in [2.45, 2.75) is 45.4 Å². The molecule has 2 fully saturated rings. The number of hydrogen-bond donors (Lipinski definition) is 1. The van der Waals surface area contributed by atoms with Gasteiger partial charge < -0.3 is 14.7 Å². The third-order valence-corrected chi connectivity index (χ3v) is 5.10. The Morgan fingerprint density at radius 3 is 2.56 bits per heavy atom. The van der Waals surface area contributed by atoms with Crippen LogP contribution in [0, 0.1) is 5.41 Å². The van der Waals surface area contributed by atoms with Crippen molar-refractivity contribution >= 4 is 12.1 Å². The predicted molar refractivity (Wildman–Crippen MR) is 93.1 cm³/mol. The first-order chi connectivity index (χ1) is 11.7. The Hall–Kier alpha value is -2.08. The number of rotatable bonds is 3. The van der Waals surface area contributed by atoms with E-state index in [9.17, 15) is 14.7 Å². The van der Waals surface area contributed by atoms with Crippen LogP contribution in [0.2, 0.25) is 0 Å². The summed E-state index contributed by atoms with van der Waals surface area (Å²) in [7, 11) is 0. The van der Waals surface area contributed by atoms with Crippen molar-refractivity contribution in [1.29, 1.82) is 0 Å². The van der Waals surface area contributed by atoms with Crippen molar-refractivity contribution in [3.8, 4) is 0 Å². The van der Waals surface area contributed by atoms with E-state index >= 15 is 0 Å². The van der Waals surface area contributed by atoms with Gasteiger partial charge in [-0.05, 0) is 32.8 Å². The van der Waals surface area contributed by atoms with Crippen LogP contribution >= 0.6 is 0 Å². The number of hydrogen-bond acceptors (Lipinski definition) is 4. The molecule has 0 saturated carbocycles. The summed E-state index contributed by atoms with van der Waals surface area (Å²) in [6.07, 6.45) is 0.126. The molecule has 3 rings (SSSR count). The molecule has 0 bridgehead atoms. The summed E-state index contributed by atoms with van der Waals surface area (Å²) in [5.74, 6) is -0.820. The normalized spacial score (nSPS) is 26.5. The molecule has 0 aliphatic carbocycles. The summed E-state index contributed by atoms with van der Waals surface area (Å²) in [6, 6.07) is 9.84. The molecule has 1 N–H and O–H groups in total. The molecule has 1 aromatic carbocycles. The van der Waals surface area contributed by atoms with Crippen LogP contribution in [0.1, 0.15) is 32.8 Å². The highest BCUT2D eigenvalue weighted by Crippen LogP contribution is 2.44. The standard InChI is InChI=1S/C19H26N2O4/c1-18(2,3)25-17(24)21-12-15-19(13-21,16(22)23)9-10-20(15)11-14-7-5-4-6-8-14/h4-8,15H,9-13H2,1-3H3,(H,22,23). The second-order valence-electron chi connectivity index (χ2n) is 8.04. The maximum atomic E-state index is 12.4. The first-order valence-corrected chi connectivity index (χ1v) is 8.71. The Bertz CT molecular complexity index is 655. The molecule has 0 radical (unpaired) electrons. The zero-order valence-electron chi connectivity index (χ0n) is 15.1. The van der Waals surface area contributed by atoms with Crippen molar-refractivity contribution in [3.05, 3.63) is 35.9 Å². The van der Waals surface area contributed by atoms with E-state index in [1.807, 2.05) is 51.1 Å². The maximum absolute atomic E-state index is 12.4. The van der Waals surface area contributed by atoms with Gasteiger partial charge in [-0.2, -0.15) is 0 Å². The molecule has 0 spiro atoms. The molecule has 1 aromatic rings. The van der Waals surface area contributed by atoms with Gasteiger partial charge in [0.05, 0.1) is 0 Å². The van der Waals surface area contributed by atoms with E-state index in [4.69, 9.17) is 4.74 Å². The molecule has 1 amide bonds. The molecular weight excluding hydrogens is 320 g/mol. The fourth-order valence-corrected chi connectivity index (χ4v) is 3.89. The average molecular weight is 346 g/mol. The van der Waals surface area contributed by atoms with Gasteiger partial charge in [-0.25, -0.2) is 4.79 Å². The molecule has 25 heavy (non-hydrogen) atoms. The summed E-state index contributed by atoms with van der Waals surface area (Å²) < 4.78 is 5.44. The highest BCUT2D eigenvalue weighted by atomic mass is 16.6. The van der Waals surface area contributed by atoms with E-state index in [-0.39, 0.29) is 12.6 Å². The highest BCUT2D eigenvalue weighted by Gasteiger charge is 2.59. The molecule has 2 heterocycles. The van der Waals surface area contributed by atoms with Crippen molar-refractivity contribution in [1.82, 2.24) is 9.80 Å². The Morgan fingerprint density at radius 2 is 1.96 bits per heavy atom. The Morgan fingerprint density at radius 1 is 1.28 bits per heavy atom. The number of carbonyl (C=O) groups is 2. The number of ether oxygens (including phenoxy) is 1. The first-order valence-electron chi connectivity index (χ1n) is 8.71. The van der Waals surface area contributed by atoms with Crippen LogP contribution < -0.4 is 0 Å². The number of likely N-dealkylation sites (tertiary alicyclic amines) is 2. The highest BCUT2D eigenvalue weighted by molar-refractivity contribution is 5.79. The molecule has 6 nitrogen and oxygen atoms in total. The largest absolute Gasteiger partial charge is 0.481 e. The van der Waals surface area contributed by atoms with Crippen LogP contribution in [0.25, 0.3) is 0 Å². The maximum Gasteiger partial charge on any atom is 0.410 e. The summed E-state index contributed by atoms with van der Waals surface area (Å²) in [5.41, 5.74) is -0.333. The number of benzene rings is 1. The molecule has 0 aromatic heterocycles. The third-order valence-electron chi connectivity index (χ3n) is 5.10. The minimum Gasteiger partial charge on any atom is -0.481 e. The van der Waals surface area contributed by atoms with Crippen LogP contribution in [0.3, 0.4) is 0 Å². The second kappa shape index (κ2) is 6.33. The van der Waals surface area contributed by atoms with E-state index in [1.165, 1.54) is 0 Å². The molecule has 2 aliphatic rings. The van der Waals surface area contributed by atoms with Crippen molar-refractivity contribution in [3.63, 3.8) is 0 Å².